The molecular weight excluding hydrogens is 310 g/mol. The van der Waals surface area contributed by atoms with Crippen LogP contribution in [0.4, 0.5) is 0 Å². The number of aryl methyl sites for hydroxylation is 1. The van der Waals surface area contributed by atoms with Gasteiger partial charge in [0.25, 0.3) is 0 Å². The lowest BCUT2D eigenvalue weighted by Gasteiger charge is -2.06. The van der Waals surface area contributed by atoms with Crippen LogP contribution in [-0.2, 0) is 11.2 Å². The molecule has 2 aromatic rings. The maximum absolute atomic E-state index is 11.4. The minimum atomic E-state index is -0.955. The summed E-state index contributed by atoms with van der Waals surface area (Å²) in [5, 5.41) is 9.33. The molecule has 0 bridgehead atoms. The Labute approximate surface area is 149 Å². The van der Waals surface area contributed by atoms with Crippen molar-refractivity contribution < 1.29 is 9.90 Å². The first kappa shape index (κ1) is 18.7. The van der Waals surface area contributed by atoms with Gasteiger partial charge in [0.05, 0.1) is 11.3 Å². The van der Waals surface area contributed by atoms with Gasteiger partial charge in [-0.3, -0.25) is 4.98 Å². The third-order valence-electron chi connectivity index (χ3n) is 4.08. The van der Waals surface area contributed by atoms with E-state index in [9.17, 15) is 9.90 Å². The van der Waals surface area contributed by atoms with E-state index >= 15 is 0 Å². The molecule has 1 aromatic heterocycles. The minimum Gasteiger partial charge on any atom is -0.478 e. The van der Waals surface area contributed by atoms with E-state index in [-0.39, 0.29) is 5.57 Å². The summed E-state index contributed by atoms with van der Waals surface area (Å²) in [4.78, 5) is 15.8. The lowest BCUT2D eigenvalue weighted by molar-refractivity contribution is -0.130. The van der Waals surface area contributed by atoms with Crippen LogP contribution in [0.5, 0.6) is 0 Å². The highest BCUT2D eigenvalue weighted by Crippen LogP contribution is 2.21. The summed E-state index contributed by atoms with van der Waals surface area (Å²) in [7, 11) is 0. The second-order valence-corrected chi connectivity index (χ2v) is 6.00. The van der Waals surface area contributed by atoms with Gasteiger partial charge in [0, 0.05) is 17.3 Å². The Morgan fingerprint density at radius 2 is 1.88 bits per heavy atom. The van der Waals surface area contributed by atoms with Crippen LogP contribution in [0.3, 0.4) is 0 Å². The Kier molecular flexibility index (Phi) is 7.15. The fourth-order valence-electron chi connectivity index (χ4n) is 2.63. The monoisotopic (exact) mass is 335 g/mol. The third-order valence-corrected chi connectivity index (χ3v) is 4.08. The van der Waals surface area contributed by atoms with Crippen molar-refractivity contribution in [2.24, 2.45) is 0 Å². The van der Waals surface area contributed by atoms with Gasteiger partial charge < -0.3 is 5.11 Å². The SMILES string of the molecule is C/C=C/C=C(/C(=O)O)c1ccc(-c2ccc(CCCCC)cc2)nc1. The van der Waals surface area contributed by atoms with E-state index in [2.05, 4.69) is 36.2 Å². The van der Waals surface area contributed by atoms with Gasteiger partial charge in [0.15, 0.2) is 0 Å². The van der Waals surface area contributed by atoms with Crippen molar-refractivity contribution in [2.75, 3.05) is 0 Å². The number of carboxylic acids is 1. The summed E-state index contributed by atoms with van der Waals surface area (Å²) < 4.78 is 0. The molecule has 0 atom stereocenters. The van der Waals surface area contributed by atoms with Crippen molar-refractivity contribution in [3.05, 3.63) is 72.0 Å². The van der Waals surface area contributed by atoms with Gasteiger partial charge in [-0.1, -0.05) is 62.2 Å². The van der Waals surface area contributed by atoms with Crippen LogP contribution < -0.4 is 0 Å². The Morgan fingerprint density at radius 3 is 2.44 bits per heavy atom. The molecular formula is C22H25NO2. The van der Waals surface area contributed by atoms with Gasteiger partial charge in [-0.05, 0) is 37.5 Å². The summed E-state index contributed by atoms with van der Waals surface area (Å²) in [6, 6.07) is 12.1. The Balaban J connectivity index is 2.15. The third kappa shape index (κ3) is 5.42. The molecule has 0 fully saturated rings. The first-order chi connectivity index (χ1) is 12.2. The van der Waals surface area contributed by atoms with Crippen LogP contribution in [0.2, 0.25) is 0 Å². The van der Waals surface area contributed by atoms with Crippen LogP contribution in [0.15, 0.2) is 60.8 Å². The molecule has 130 valence electrons. The number of carboxylic acid groups (broad SMARTS) is 1. The molecule has 3 heteroatoms. The number of carbonyl (C=O) groups is 1. The highest BCUT2D eigenvalue weighted by Gasteiger charge is 2.10. The van der Waals surface area contributed by atoms with Gasteiger partial charge >= 0.3 is 5.97 Å². The lowest BCUT2D eigenvalue weighted by Crippen LogP contribution is -2.00. The summed E-state index contributed by atoms with van der Waals surface area (Å²) in [5.74, 6) is -0.955. The van der Waals surface area contributed by atoms with Crippen molar-refractivity contribution in [3.8, 4) is 11.3 Å². The zero-order chi connectivity index (χ0) is 18.1. The fraction of sp³-hybridized carbons (Fsp3) is 0.273. The first-order valence-electron chi connectivity index (χ1n) is 8.77. The van der Waals surface area contributed by atoms with E-state index in [1.165, 1.54) is 24.8 Å². The number of benzene rings is 1. The van der Waals surface area contributed by atoms with Crippen molar-refractivity contribution in [2.45, 2.75) is 39.5 Å². The number of hydrogen-bond donors (Lipinski definition) is 1. The number of allylic oxidation sites excluding steroid dienone is 3. The van der Waals surface area contributed by atoms with Crippen LogP contribution in [0.1, 0.15) is 44.2 Å². The number of aromatic nitrogens is 1. The van der Waals surface area contributed by atoms with Crippen molar-refractivity contribution in [1.82, 2.24) is 4.98 Å². The predicted octanol–water partition coefficient (Wildman–Crippen LogP) is 5.53. The van der Waals surface area contributed by atoms with E-state index in [1.807, 2.05) is 13.0 Å². The van der Waals surface area contributed by atoms with Gasteiger partial charge in [0.2, 0.25) is 0 Å². The molecule has 2 rings (SSSR count). The molecule has 1 heterocycles. The van der Waals surface area contributed by atoms with Gasteiger partial charge in [0.1, 0.15) is 0 Å². The summed E-state index contributed by atoms with van der Waals surface area (Å²) in [6.07, 6.45) is 11.5. The minimum absolute atomic E-state index is 0.239. The maximum Gasteiger partial charge on any atom is 0.336 e. The van der Waals surface area contributed by atoms with E-state index in [0.29, 0.717) is 5.56 Å². The molecule has 1 N–H and O–H groups in total. The summed E-state index contributed by atoms with van der Waals surface area (Å²) in [5.41, 5.74) is 4.07. The zero-order valence-corrected chi connectivity index (χ0v) is 14.9. The number of pyridine rings is 1. The quantitative estimate of drug-likeness (QED) is 0.392. The lowest BCUT2D eigenvalue weighted by atomic mass is 10.0. The zero-order valence-electron chi connectivity index (χ0n) is 14.9. The number of aliphatic carboxylic acids is 1. The molecule has 0 radical (unpaired) electrons. The normalized spacial score (nSPS) is 11.8. The van der Waals surface area contributed by atoms with Gasteiger partial charge in [-0.2, -0.15) is 0 Å². The van der Waals surface area contributed by atoms with Crippen molar-refractivity contribution in [1.29, 1.82) is 0 Å². The van der Waals surface area contributed by atoms with Crippen LogP contribution >= 0.6 is 0 Å². The maximum atomic E-state index is 11.4. The Morgan fingerprint density at radius 1 is 1.12 bits per heavy atom. The fourth-order valence-corrected chi connectivity index (χ4v) is 2.63. The Hall–Kier alpha value is -2.68. The largest absolute Gasteiger partial charge is 0.478 e. The highest BCUT2D eigenvalue weighted by molar-refractivity contribution is 6.15. The van der Waals surface area contributed by atoms with E-state index in [1.54, 1.807) is 30.5 Å². The molecule has 1 aromatic carbocycles. The Bertz CT molecular complexity index is 741. The van der Waals surface area contributed by atoms with Gasteiger partial charge in [-0.25, -0.2) is 4.79 Å². The molecule has 0 saturated carbocycles. The molecule has 3 nitrogen and oxygen atoms in total. The van der Waals surface area contributed by atoms with Crippen LogP contribution in [0.25, 0.3) is 16.8 Å². The van der Waals surface area contributed by atoms with Crippen LogP contribution in [-0.4, -0.2) is 16.1 Å². The second-order valence-electron chi connectivity index (χ2n) is 6.00. The number of unbranched alkanes of at least 4 members (excludes halogenated alkanes) is 2. The molecule has 0 aliphatic carbocycles. The van der Waals surface area contributed by atoms with Crippen LogP contribution in [0, 0.1) is 0 Å². The molecule has 0 aliphatic heterocycles. The van der Waals surface area contributed by atoms with E-state index < -0.39 is 5.97 Å². The van der Waals surface area contributed by atoms with Crippen molar-refractivity contribution in [3.63, 3.8) is 0 Å². The highest BCUT2D eigenvalue weighted by atomic mass is 16.4. The summed E-state index contributed by atoms with van der Waals surface area (Å²) in [6.45, 7) is 4.06. The predicted molar refractivity (Wildman–Crippen MR) is 103 cm³/mol. The summed E-state index contributed by atoms with van der Waals surface area (Å²) >= 11 is 0. The first-order valence-corrected chi connectivity index (χ1v) is 8.77. The number of hydrogen-bond acceptors (Lipinski definition) is 2. The second kappa shape index (κ2) is 9.58. The molecule has 0 saturated heterocycles. The van der Waals surface area contributed by atoms with E-state index in [0.717, 1.165) is 17.7 Å². The van der Waals surface area contributed by atoms with Gasteiger partial charge in [-0.15, -0.1) is 0 Å². The average Bonchev–Trinajstić information content (AvgIpc) is 2.63. The van der Waals surface area contributed by atoms with Crippen molar-refractivity contribution >= 4 is 11.5 Å². The topological polar surface area (TPSA) is 50.2 Å². The molecule has 0 unspecified atom stereocenters. The molecule has 0 amide bonds. The average molecular weight is 335 g/mol. The standard InChI is InChI=1S/C22H25NO2/c1-3-5-7-8-17-10-12-18(13-11-17)21-15-14-19(16-23-21)20(22(24)25)9-6-4-2/h4,6,9-16H,3,5,7-8H2,1-2H3,(H,24,25)/b6-4+,20-9+. The molecule has 0 spiro atoms. The smallest absolute Gasteiger partial charge is 0.336 e. The molecule has 0 aliphatic rings. The van der Waals surface area contributed by atoms with E-state index in [4.69, 9.17) is 0 Å². The molecule has 25 heavy (non-hydrogen) atoms. The number of nitrogens with zero attached hydrogens (tertiary/aromatic N) is 1. The number of rotatable bonds is 8.